The SMILES string of the molecule is COc1ccc2nccc(Cl)c2c1.N#CCOc1ccc2[nH]ccc(=S)c2c1.N#CCOc1ccc2nccc(Cl)c2c1.N#CCOc1ccc2nccc(SC3(C(=O)O)CCC3)c2c1.N#CCOc1ccc2nccc(SC3(C(=O)O)CCC3)c2c1.Oc1ccc2nccc(Cl)c2c1. The first-order valence-corrected chi connectivity index (χ1v) is 33.3. The Morgan fingerprint density at radius 1 is 0.475 bits per heavy atom. The predicted molar refractivity (Wildman–Crippen MR) is 386 cm³/mol. The number of hydrogen-bond acceptors (Lipinski definition) is 20. The molecule has 20 nitrogen and oxygen atoms in total. The van der Waals surface area contributed by atoms with Crippen LogP contribution in [0.15, 0.2) is 193 Å². The first kappa shape index (κ1) is 72.5. The third-order valence-corrected chi connectivity index (χ3v) is 19.7. The lowest BCUT2D eigenvalue weighted by Crippen LogP contribution is -2.41. The van der Waals surface area contributed by atoms with E-state index in [9.17, 15) is 19.8 Å². The fourth-order valence-electron chi connectivity index (χ4n) is 9.90. The number of aromatic hydroxyl groups is 1. The van der Waals surface area contributed by atoms with Crippen LogP contribution in [0.4, 0.5) is 0 Å². The summed E-state index contributed by atoms with van der Waals surface area (Å²) < 4.78 is 25.4. The van der Waals surface area contributed by atoms with Crippen LogP contribution >= 0.6 is 70.5 Å². The highest BCUT2D eigenvalue weighted by Gasteiger charge is 2.46. The van der Waals surface area contributed by atoms with E-state index in [0.29, 0.717) is 63.7 Å². The number of H-pyrrole nitrogens is 1. The van der Waals surface area contributed by atoms with Gasteiger partial charge in [-0.15, -0.1) is 23.5 Å². The maximum Gasteiger partial charge on any atom is 0.320 e. The van der Waals surface area contributed by atoms with Gasteiger partial charge in [0.15, 0.2) is 26.4 Å². The third kappa shape index (κ3) is 18.9. The molecule has 26 heteroatoms. The van der Waals surface area contributed by atoms with Crippen LogP contribution in [0.5, 0.6) is 34.5 Å². The van der Waals surface area contributed by atoms with Gasteiger partial charge in [0.25, 0.3) is 0 Å². The van der Waals surface area contributed by atoms with Crippen molar-refractivity contribution in [3.05, 3.63) is 202 Å². The predicted octanol–water partition coefficient (Wildman–Crippen LogP) is 17.6. The van der Waals surface area contributed by atoms with Crippen molar-refractivity contribution in [1.82, 2.24) is 29.9 Å². The molecule has 0 aliphatic heterocycles. The lowest BCUT2D eigenvalue weighted by atomic mass is 9.84. The Balaban J connectivity index is 0.000000141. The van der Waals surface area contributed by atoms with Gasteiger partial charge in [-0.25, -0.2) is 0 Å². The largest absolute Gasteiger partial charge is 0.508 e. The maximum atomic E-state index is 11.6. The number of nitrogens with one attached hydrogen (secondary N) is 1. The number of carbonyl (C=O) groups is 2. The number of pyridine rings is 6. The van der Waals surface area contributed by atoms with Gasteiger partial charge in [-0.2, -0.15) is 21.0 Å². The Kier molecular flexibility index (Phi) is 25.6. The minimum Gasteiger partial charge on any atom is -0.508 e. The fraction of sp³-hybridized carbons (Fsp3) is 0.178. The molecular weight excluding hydrogens is 1380 g/mol. The Morgan fingerprint density at radius 3 is 1.18 bits per heavy atom. The molecule has 14 rings (SSSR count). The van der Waals surface area contributed by atoms with Crippen molar-refractivity contribution in [2.24, 2.45) is 0 Å². The van der Waals surface area contributed by atoms with Gasteiger partial charge < -0.3 is 44.0 Å². The van der Waals surface area contributed by atoms with E-state index in [1.165, 1.54) is 23.5 Å². The fourth-order valence-corrected chi connectivity index (χ4v) is 13.6. The summed E-state index contributed by atoms with van der Waals surface area (Å²) in [6, 6.07) is 50.6. The van der Waals surface area contributed by atoms with Gasteiger partial charge in [0.05, 0.1) is 49.8 Å². The molecule has 2 aliphatic rings. The molecule has 0 atom stereocenters. The molecule has 0 radical (unpaired) electrons. The number of nitrogens with zero attached hydrogens (tertiary/aromatic N) is 9. The first-order chi connectivity index (χ1) is 48.0. The molecule has 99 heavy (non-hydrogen) atoms. The summed E-state index contributed by atoms with van der Waals surface area (Å²) in [5.74, 6) is 1.94. The van der Waals surface area contributed by atoms with Crippen LogP contribution in [-0.2, 0) is 9.59 Å². The smallest absolute Gasteiger partial charge is 0.320 e. The number of ether oxygens (including phenoxy) is 5. The molecule has 0 saturated heterocycles. The molecule has 4 N–H and O–H groups in total. The summed E-state index contributed by atoms with van der Waals surface area (Å²) in [5, 5.41) is 69.2. The van der Waals surface area contributed by atoms with Crippen LogP contribution in [0.3, 0.4) is 0 Å². The van der Waals surface area contributed by atoms with Crippen molar-refractivity contribution < 1.29 is 48.6 Å². The summed E-state index contributed by atoms with van der Waals surface area (Å²) in [7, 11) is 1.63. The Morgan fingerprint density at radius 2 is 0.808 bits per heavy atom. The van der Waals surface area contributed by atoms with Crippen molar-refractivity contribution in [3.63, 3.8) is 0 Å². The van der Waals surface area contributed by atoms with Crippen LogP contribution in [0.2, 0.25) is 15.1 Å². The van der Waals surface area contributed by atoms with Crippen LogP contribution in [0, 0.1) is 49.8 Å². The number of aliphatic carboxylic acids is 2. The summed E-state index contributed by atoms with van der Waals surface area (Å²) in [5.41, 5.74) is 5.02. The van der Waals surface area contributed by atoms with Gasteiger partial charge in [0.2, 0.25) is 0 Å². The molecule has 12 aromatic rings. The number of methoxy groups -OCH3 is 1. The summed E-state index contributed by atoms with van der Waals surface area (Å²) in [4.78, 5) is 49.0. The van der Waals surface area contributed by atoms with Crippen molar-refractivity contribution in [2.75, 3.05) is 33.5 Å². The summed E-state index contributed by atoms with van der Waals surface area (Å²) >= 11 is 25.8. The van der Waals surface area contributed by atoms with Crippen molar-refractivity contribution in [1.29, 1.82) is 21.0 Å². The quantitative estimate of drug-likeness (QED) is 0.0693. The normalized spacial score (nSPS) is 12.6. The van der Waals surface area contributed by atoms with Crippen LogP contribution in [0.1, 0.15) is 38.5 Å². The van der Waals surface area contributed by atoms with E-state index in [2.05, 4.69) is 29.9 Å². The number of benzene rings is 6. The lowest BCUT2D eigenvalue weighted by molar-refractivity contribution is -0.143. The topological polar surface area (TPSA) is 316 Å². The molecule has 0 spiro atoms. The van der Waals surface area contributed by atoms with E-state index in [1.54, 1.807) is 105 Å². The Hall–Kier alpha value is -10.7. The van der Waals surface area contributed by atoms with Gasteiger partial charge in [-0.05, 0) is 184 Å². The van der Waals surface area contributed by atoms with Crippen molar-refractivity contribution in [3.8, 4) is 58.8 Å². The molecule has 2 fully saturated rings. The van der Waals surface area contributed by atoms with Gasteiger partial charge in [-0.1, -0.05) is 47.0 Å². The number of rotatable bonds is 15. The standard InChI is InChI=1S/2C16H14N2O3S.C11H7ClN2O.C11H8N2OS.C10H8ClNO.C9H6ClNO/c2*17-7-9-21-11-2-3-13-12(10-11)14(4-8-18-13)22-16(15(19)20)5-1-6-16;12-10-3-5-14-11-2-1-8(7-9(10)11)15-6-4-13;12-4-6-14-8-1-2-10-9(7-8)11(15)3-5-13-10;1-13-7-2-3-10-8(6-7)9(11)4-5-12-10;10-8-3-4-11-9-2-1-6(12)5-7(8)9/h2*2-4,8,10H,1,5-6,9H2,(H,19,20);1-3,5,7H,6H2;1-3,5,7H,6H2,(H,13,15);2-6H,1H3;1-5,12H. The Bertz CT molecular complexity index is 5030. The van der Waals surface area contributed by atoms with Gasteiger partial charge in [0.1, 0.15) is 68.3 Å². The average Bonchev–Trinajstić information content (AvgIpc) is 0.778. The zero-order chi connectivity index (χ0) is 70.3. The third-order valence-electron chi connectivity index (χ3n) is 15.2. The number of nitriles is 4. The van der Waals surface area contributed by atoms with E-state index in [-0.39, 0.29) is 32.2 Å². The number of thioether (sulfide) groups is 2. The van der Waals surface area contributed by atoms with Crippen molar-refractivity contribution in [2.45, 2.75) is 57.8 Å². The number of aromatic amines is 1. The van der Waals surface area contributed by atoms with E-state index in [4.69, 9.17) is 96.9 Å². The van der Waals surface area contributed by atoms with Crippen LogP contribution in [-0.4, -0.2) is 100 Å². The molecule has 2 saturated carbocycles. The molecule has 0 unspecified atom stereocenters. The number of fused-ring (bicyclic) bond motifs is 6. The molecule has 498 valence electrons. The molecule has 0 amide bonds. The van der Waals surface area contributed by atoms with Crippen molar-refractivity contribution >= 4 is 148 Å². The van der Waals surface area contributed by atoms with Crippen LogP contribution in [0.25, 0.3) is 65.4 Å². The van der Waals surface area contributed by atoms with E-state index < -0.39 is 21.4 Å². The number of hydrogen-bond donors (Lipinski definition) is 4. The number of carboxylic acids is 2. The van der Waals surface area contributed by atoms with Gasteiger partial charge in [0, 0.05) is 89.3 Å². The highest BCUT2D eigenvalue weighted by atomic mass is 35.5. The average molecular weight is 1440 g/mol. The monoisotopic (exact) mass is 1430 g/mol. The Labute approximate surface area is 595 Å². The van der Waals surface area contributed by atoms with Crippen LogP contribution < -0.4 is 23.7 Å². The number of carboxylic acid groups (broad SMARTS) is 2. The van der Waals surface area contributed by atoms with E-state index in [1.807, 2.05) is 109 Å². The number of phenolic OH excluding ortho intramolecular Hbond substituents is 1. The minimum atomic E-state index is -0.759. The lowest BCUT2D eigenvalue weighted by Gasteiger charge is -2.37. The summed E-state index contributed by atoms with van der Waals surface area (Å²) in [6.45, 7) is 0.0405. The van der Waals surface area contributed by atoms with Gasteiger partial charge in [-0.3, -0.25) is 34.5 Å². The second kappa shape index (κ2) is 35.0. The molecule has 6 aromatic heterocycles. The molecule has 6 aromatic carbocycles. The molecular formula is C73H57Cl3N10O10S3. The summed E-state index contributed by atoms with van der Waals surface area (Å²) in [6.07, 6.45) is 14.8. The van der Waals surface area contributed by atoms with Gasteiger partial charge >= 0.3 is 11.9 Å². The zero-order valence-corrected chi connectivity index (χ0v) is 57.2. The number of aromatic nitrogens is 6. The number of phenols is 1. The molecule has 6 heterocycles. The highest BCUT2D eigenvalue weighted by Crippen LogP contribution is 2.51. The zero-order valence-electron chi connectivity index (χ0n) is 52.5. The minimum absolute atomic E-state index is 0.0205. The van der Waals surface area contributed by atoms with E-state index in [0.717, 1.165) is 98.3 Å². The molecule has 0 bridgehead atoms. The number of halogens is 3. The second-order valence-corrected chi connectivity index (χ2v) is 26.0. The molecule has 2 aliphatic carbocycles. The second-order valence-electron chi connectivity index (χ2n) is 21.5. The van der Waals surface area contributed by atoms with E-state index >= 15 is 0 Å². The first-order valence-electron chi connectivity index (χ1n) is 30.1. The maximum absolute atomic E-state index is 11.6. The highest BCUT2D eigenvalue weighted by molar-refractivity contribution is 8.02.